The lowest BCUT2D eigenvalue weighted by molar-refractivity contribution is -0.113. The molecule has 3 heterocycles. The van der Waals surface area contributed by atoms with Crippen LogP contribution in [0.3, 0.4) is 0 Å². The molecule has 0 radical (unpaired) electrons. The third-order valence-corrected chi connectivity index (χ3v) is 5.38. The van der Waals surface area contributed by atoms with Crippen molar-refractivity contribution >= 4 is 29.0 Å². The van der Waals surface area contributed by atoms with Crippen LogP contribution in [-0.4, -0.2) is 36.5 Å². The van der Waals surface area contributed by atoms with E-state index in [0.29, 0.717) is 10.8 Å². The Morgan fingerprint density at radius 2 is 1.90 bits per heavy atom. The number of aryl methyl sites for hydroxylation is 3. The second-order valence-electron chi connectivity index (χ2n) is 6.82. The summed E-state index contributed by atoms with van der Waals surface area (Å²) in [5.74, 6) is 0.122. The molecular weight excluding hydrogens is 384 g/mol. The number of benzene rings is 1. The van der Waals surface area contributed by atoms with E-state index in [0.717, 1.165) is 28.1 Å². The lowest BCUT2D eigenvalue weighted by Crippen LogP contribution is -2.16. The normalized spacial score (nSPS) is 11.0. The maximum absolute atomic E-state index is 12.5. The van der Waals surface area contributed by atoms with E-state index in [-0.39, 0.29) is 11.7 Å². The molecule has 0 saturated heterocycles. The lowest BCUT2D eigenvalue weighted by Gasteiger charge is -2.12. The van der Waals surface area contributed by atoms with E-state index in [1.807, 2.05) is 45.0 Å². The minimum Gasteiger partial charge on any atom is -0.325 e. The van der Waals surface area contributed by atoms with Gasteiger partial charge >= 0.3 is 0 Å². The maximum Gasteiger partial charge on any atom is 0.234 e. The number of thioether (sulfide) groups is 1. The van der Waals surface area contributed by atoms with Crippen LogP contribution in [0.2, 0.25) is 0 Å². The van der Waals surface area contributed by atoms with Crippen LogP contribution in [0.4, 0.5) is 5.69 Å². The first-order valence-corrected chi connectivity index (χ1v) is 10.1. The highest BCUT2D eigenvalue weighted by atomic mass is 32.2. The summed E-state index contributed by atoms with van der Waals surface area (Å²) in [6.45, 7) is 6.04. The molecule has 4 aromatic rings. The van der Waals surface area contributed by atoms with Gasteiger partial charge in [0.05, 0.1) is 11.4 Å². The van der Waals surface area contributed by atoms with Crippen molar-refractivity contribution in [3.05, 3.63) is 65.5 Å². The van der Waals surface area contributed by atoms with Gasteiger partial charge in [-0.3, -0.25) is 9.78 Å². The fourth-order valence-corrected chi connectivity index (χ4v) is 3.90. The summed E-state index contributed by atoms with van der Waals surface area (Å²) in [5, 5.41) is 16.5. The number of pyridine rings is 1. The molecule has 29 heavy (non-hydrogen) atoms. The Kier molecular flexibility index (Phi) is 5.26. The third-order valence-electron chi connectivity index (χ3n) is 4.47. The van der Waals surface area contributed by atoms with Crippen LogP contribution < -0.4 is 5.32 Å². The minimum absolute atomic E-state index is 0.0924. The van der Waals surface area contributed by atoms with Crippen molar-refractivity contribution in [3.8, 4) is 11.3 Å². The van der Waals surface area contributed by atoms with E-state index >= 15 is 0 Å². The van der Waals surface area contributed by atoms with E-state index in [9.17, 15) is 4.79 Å². The summed E-state index contributed by atoms with van der Waals surface area (Å²) in [7, 11) is 0. The van der Waals surface area contributed by atoms with Gasteiger partial charge in [0.15, 0.2) is 5.65 Å². The lowest BCUT2D eigenvalue weighted by atomic mass is 10.1. The molecule has 0 aliphatic heterocycles. The molecule has 0 atom stereocenters. The van der Waals surface area contributed by atoms with Crippen LogP contribution in [0, 0.1) is 20.8 Å². The van der Waals surface area contributed by atoms with Gasteiger partial charge in [0, 0.05) is 23.6 Å². The number of hydrogen-bond donors (Lipinski definition) is 1. The predicted octanol–water partition coefficient (Wildman–Crippen LogP) is 3.84. The molecule has 1 aromatic carbocycles. The van der Waals surface area contributed by atoms with Crippen LogP contribution in [-0.2, 0) is 4.79 Å². The van der Waals surface area contributed by atoms with Crippen molar-refractivity contribution in [1.82, 2.24) is 24.8 Å². The first kappa shape index (κ1) is 19.1. The number of carbonyl (C=O) groups is 1. The molecule has 4 rings (SSSR count). The first-order chi connectivity index (χ1) is 14.0. The number of nitrogens with one attached hydrogen (secondary N) is 1. The third kappa shape index (κ3) is 4.12. The summed E-state index contributed by atoms with van der Waals surface area (Å²) in [5.41, 5.74) is 6.45. The van der Waals surface area contributed by atoms with E-state index in [2.05, 4.69) is 37.7 Å². The zero-order chi connectivity index (χ0) is 20.4. The predicted molar refractivity (Wildman–Crippen MR) is 114 cm³/mol. The second kappa shape index (κ2) is 8.00. The average molecular weight is 404 g/mol. The van der Waals surface area contributed by atoms with Crippen molar-refractivity contribution in [2.75, 3.05) is 11.1 Å². The summed E-state index contributed by atoms with van der Waals surface area (Å²) in [4.78, 5) is 16.6. The van der Waals surface area contributed by atoms with Gasteiger partial charge in [-0.1, -0.05) is 29.5 Å². The fraction of sp³-hybridized carbons (Fsp3) is 0.190. The quantitative estimate of drug-likeness (QED) is 0.509. The molecule has 0 saturated carbocycles. The Morgan fingerprint density at radius 3 is 2.62 bits per heavy atom. The zero-order valence-electron chi connectivity index (χ0n) is 16.4. The largest absolute Gasteiger partial charge is 0.325 e. The number of rotatable bonds is 5. The van der Waals surface area contributed by atoms with Gasteiger partial charge in [0.25, 0.3) is 0 Å². The van der Waals surface area contributed by atoms with Crippen molar-refractivity contribution in [1.29, 1.82) is 0 Å². The monoisotopic (exact) mass is 404 g/mol. The highest BCUT2D eigenvalue weighted by Crippen LogP contribution is 2.23. The molecule has 8 heteroatoms. The van der Waals surface area contributed by atoms with Gasteiger partial charge in [-0.2, -0.15) is 9.61 Å². The molecule has 146 valence electrons. The van der Waals surface area contributed by atoms with Gasteiger partial charge in [-0.15, -0.1) is 10.2 Å². The molecule has 3 aromatic heterocycles. The van der Waals surface area contributed by atoms with Gasteiger partial charge in [-0.05, 0) is 56.2 Å². The second-order valence-corrected chi connectivity index (χ2v) is 7.77. The summed E-state index contributed by atoms with van der Waals surface area (Å²) >= 11 is 1.30. The van der Waals surface area contributed by atoms with Crippen molar-refractivity contribution < 1.29 is 4.79 Å². The average Bonchev–Trinajstić information content (AvgIpc) is 3.12. The number of hydrogen-bond acceptors (Lipinski definition) is 6. The molecular formula is C21H20N6OS. The number of amides is 1. The van der Waals surface area contributed by atoms with Crippen LogP contribution in [0.5, 0.6) is 0 Å². The van der Waals surface area contributed by atoms with E-state index in [4.69, 9.17) is 0 Å². The summed E-state index contributed by atoms with van der Waals surface area (Å²) < 4.78 is 1.66. The number of carbonyl (C=O) groups excluding carboxylic acids is 1. The maximum atomic E-state index is 12.5. The molecule has 7 nitrogen and oxygen atoms in total. The van der Waals surface area contributed by atoms with E-state index in [1.165, 1.54) is 17.3 Å². The van der Waals surface area contributed by atoms with Gasteiger partial charge in [-0.25, -0.2) is 0 Å². The molecule has 0 fully saturated rings. The van der Waals surface area contributed by atoms with Gasteiger partial charge < -0.3 is 5.32 Å². The van der Waals surface area contributed by atoms with Gasteiger partial charge in [0.1, 0.15) is 0 Å². The van der Waals surface area contributed by atoms with Crippen LogP contribution in [0.15, 0.2) is 53.9 Å². The number of aromatic nitrogens is 5. The van der Waals surface area contributed by atoms with E-state index in [1.54, 1.807) is 16.9 Å². The Bertz CT molecular complexity index is 1170. The molecule has 0 unspecified atom stereocenters. The van der Waals surface area contributed by atoms with Crippen molar-refractivity contribution in [2.45, 2.75) is 25.9 Å². The highest BCUT2D eigenvalue weighted by molar-refractivity contribution is 7.99. The Labute approximate surface area is 172 Å². The number of anilines is 1. The van der Waals surface area contributed by atoms with Crippen LogP contribution in [0.1, 0.15) is 16.7 Å². The minimum atomic E-state index is -0.0924. The molecule has 0 aliphatic carbocycles. The van der Waals surface area contributed by atoms with E-state index < -0.39 is 0 Å². The standard InChI is InChI=1S/C21H20N6OS/c1-13-9-14(2)20(15(3)10-13)23-19(28)12-29-21-25-24-18-7-6-17(26-27(18)21)16-5-4-8-22-11-16/h4-11H,12H2,1-3H3,(H,23,28). The topological polar surface area (TPSA) is 85.1 Å². The number of fused-ring (bicyclic) bond motifs is 1. The molecule has 0 aliphatic rings. The molecule has 1 amide bonds. The smallest absolute Gasteiger partial charge is 0.234 e. The Balaban J connectivity index is 1.50. The van der Waals surface area contributed by atoms with Crippen LogP contribution in [0.25, 0.3) is 16.9 Å². The Hall–Kier alpha value is -3.26. The molecule has 0 bridgehead atoms. The summed E-state index contributed by atoms with van der Waals surface area (Å²) in [6, 6.07) is 11.7. The van der Waals surface area contributed by atoms with Crippen LogP contribution >= 0.6 is 11.8 Å². The van der Waals surface area contributed by atoms with Crippen molar-refractivity contribution in [2.24, 2.45) is 0 Å². The SMILES string of the molecule is Cc1cc(C)c(NC(=O)CSc2nnc3ccc(-c4cccnc4)nn23)c(C)c1. The molecule has 1 N–H and O–H groups in total. The fourth-order valence-electron chi connectivity index (χ4n) is 3.21. The Morgan fingerprint density at radius 1 is 1.10 bits per heavy atom. The first-order valence-electron chi connectivity index (χ1n) is 9.14. The molecule has 0 spiro atoms. The van der Waals surface area contributed by atoms with Crippen molar-refractivity contribution in [3.63, 3.8) is 0 Å². The van der Waals surface area contributed by atoms with Gasteiger partial charge in [0.2, 0.25) is 11.1 Å². The number of nitrogens with zero attached hydrogens (tertiary/aromatic N) is 5. The summed E-state index contributed by atoms with van der Waals surface area (Å²) in [6.07, 6.45) is 3.48. The highest BCUT2D eigenvalue weighted by Gasteiger charge is 2.13. The zero-order valence-corrected chi connectivity index (χ0v) is 17.2.